The molecule has 1 saturated carbocycles. The average molecular weight is 272 g/mol. The van der Waals surface area contributed by atoms with Gasteiger partial charge in [0.15, 0.2) is 0 Å². The summed E-state index contributed by atoms with van der Waals surface area (Å²) in [6.07, 6.45) is 3.68. The van der Waals surface area contributed by atoms with Gasteiger partial charge in [0.2, 0.25) is 0 Å². The van der Waals surface area contributed by atoms with Crippen molar-refractivity contribution in [3.8, 4) is 0 Å². The van der Waals surface area contributed by atoms with Gasteiger partial charge in [0.1, 0.15) is 5.82 Å². The van der Waals surface area contributed by atoms with Crippen LogP contribution in [-0.2, 0) is 6.54 Å². The Labute approximate surface area is 118 Å². The Bertz CT molecular complexity index is 654. The van der Waals surface area contributed by atoms with Crippen LogP contribution in [0.4, 0.5) is 0 Å². The highest BCUT2D eigenvalue weighted by molar-refractivity contribution is 5.92. The molecule has 2 aromatic rings. The Balaban J connectivity index is 2.15. The predicted molar refractivity (Wildman–Crippen MR) is 78.1 cm³/mol. The molecule has 1 heterocycles. The van der Waals surface area contributed by atoms with Crippen LogP contribution in [-0.4, -0.2) is 20.6 Å². The van der Waals surface area contributed by atoms with E-state index in [1.54, 1.807) is 12.1 Å². The van der Waals surface area contributed by atoms with Gasteiger partial charge in [-0.25, -0.2) is 9.78 Å². The highest BCUT2D eigenvalue weighted by Crippen LogP contribution is 2.37. The van der Waals surface area contributed by atoms with E-state index in [1.807, 2.05) is 6.07 Å². The summed E-state index contributed by atoms with van der Waals surface area (Å²) < 4.78 is 2.23. The monoisotopic (exact) mass is 272 g/mol. The lowest BCUT2D eigenvalue weighted by Crippen LogP contribution is -2.17. The minimum Gasteiger partial charge on any atom is -0.478 e. The Hall–Kier alpha value is -1.84. The molecule has 1 aromatic carbocycles. The Morgan fingerprint density at radius 2 is 2.20 bits per heavy atom. The maximum Gasteiger partial charge on any atom is 0.335 e. The first-order valence-corrected chi connectivity index (χ1v) is 7.29. The van der Waals surface area contributed by atoms with Crippen molar-refractivity contribution in [3.05, 3.63) is 29.6 Å². The minimum atomic E-state index is -0.880. The van der Waals surface area contributed by atoms with E-state index in [9.17, 15) is 4.79 Å². The second-order valence-corrected chi connectivity index (χ2v) is 6.11. The van der Waals surface area contributed by atoms with Gasteiger partial charge in [-0.1, -0.05) is 20.3 Å². The van der Waals surface area contributed by atoms with Crippen LogP contribution in [0.15, 0.2) is 18.2 Å². The topological polar surface area (TPSA) is 55.1 Å². The lowest BCUT2D eigenvalue weighted by atomic mass is 9.85. The van der Waals surface area contributed by atoms with Crippen molar-refractivity contribution in [1.29, 1.82) is 0 Å². The number of fused-ring (bicyclic) bond motifs is 1. The van der Waals surface area contributed by atoms with E-state index in [0.29, 0.717) is 17.4 Å². The highest BCUT2D eigenvalue weighted by Gasteiger charge is 2.26. The number of aromatic nitrogens is 2. The molecule has 0 spiro atoms. The van der Waals surface area contributed by atoms with E-state index in [1.165, 1.54) is 19.3 Å². The summed E-state index contributed by atoms with van der Waals surface area (Å²) in [5, 5.41) is 9.16. The molecule has 1 N–H and O–H groups in total. The largest absolute Gasteiger partial charge is 0.478 e. The number of hydrogen-bond donors (Lipinski definition) is 1. The fourth-order valence-electron chi connectivity index (χ4n) is 2.81. The molecule has 0 atom stereocenters. The van der Waals surface area contributed by atoms with Crippen LogP contribution in [0, 0.1) is 5.92 Å². The van der Waals surface area contributed by atoms with Crippen molar-refractivity contribution in [3.63, 3.8) is 0 Å². The number of hydrogen-bond acceptors (Lipinski definition) is 2. The quantitative estimate of drug-likeness (QED) is 0.924. The highest BCUT2D eigenvalue weighted by atomic mass is 16.4. The van der Waals surface area contributed by atoms with Crippen molar-refractivity contribution in [1.82, 2.24) is 9.55 Å². The van der Waals surface area contributed by atoms with Gasteiger partial charge in [-0.2, -0.15) is 0 Å². The van der Waals surface area contributed by atoms with Crippen LogP contribution >= 0.6 is 0 Å². The summed E-state index contributed by atoms with van der Waals surface area (Å²) in [7, 11) is 0. The first-order chi connectivity index (χ1) is 9.56. The lowest BCUT2D eigenvalue weighted by Gasteiger charge is -2.26. The van der Waals surface area contributed by atoms with Crippen LogP contribution in [0.1, 0.15) is 55.2 Å². The van der Waals surface area contributed by atoms with Crippen molar-refractivity contribution >= 4 is 17.0 Å². The number of nitrogens with zero attached hydrogens (tertiary/aromatic N) is 2. The minimum absolute atomic E-state index is 0.336. The van der Waals surface area contributed by atoms with Gasteiger partial charge in [0, 0.05) is 12.5 Å². The molecule has 0 bridgehead atoms. The summed E-state index contributed by atoms with van der Waals surface area (Å²) in [4.78, 5) is 15.9. The molecule has 0 radical (unpaired) electrons. The van der Waals surface area contributed by atoms with Crippen molar-refractivity contribution in [2.24, 2.45) is 5.92 Å². The second kappa shape index (κ2) is 4.93. The zero-order valence-electron chi connectivity index (χ0n) is 12.0. The third-order valence-electron chi connectivity index (χ3n) is 4.04. The van der Waals surface area contributed by atoms with Crippen LogP contribution < -0.4 is 0 Å². The summed E-state index contributed by atoms with van der Waals surface area (Å²) in [5.41, 5.74) is 2.21. The first-order valence-electron chi connectivity index (χ1n) is 7.29. The molecule has 4 nitrogen and oxygen atoms in total. The van der Waals surface area contributed by atoms with Gasteiger partial charge in [0.05, 0.1) is 16.6 Å². The fourth-order valence-corrected chi connectivity index (χ4v) is 2.81. The molecule has 0 unspecified atom stereocenters. The van der Waals surface area contributed by atoms with Gasteiger partial charge in [-0.3, -0.25) is 0 Å². The Morgan fingerprint density at radius 3 is 2.75 bits per heavy atom. The van der Waals surface area contributed by atoms with Crippen molar-refractivity contribution < 1.29 is 9.90 Å². The average Bonchev–Trinajstić information content (AvgIpc) is 2.64. The van der Waals surface area contributed by atoms with E-state index in [2.05, 4.69) is 18.4 Å². The molecule has 0 saturated heterocycles. The second-order valence-electron chi connectivity index (χ2n) is 6.11. The van der Waals surface area contributed by atoms with E-state index < -0.39 is 5.97 Å². The molecule has 0 aliphatic heterocycles. The smallest absolute Gasteiger partial charge is 0.335 e. The van der Waals surface area contributed by atoms with Gasteiger partial charge in [-0.05, 0) is 37.0 Å². The molecule has 1 aliphatic carbocycles. The molecular weight excluding hydrogens is 252 g/mol. The van der Waals surface area contributed by atoms with Crippen LogP contribution in [0.3, 0.4) is 0 Å². The standard InChI is InChI=1S/C16H20N2O2/c1-10(2)9-18-14-8-12(16(19)20)6-7-13(14)17-15(18)11-4-3-5-11/h6-8,10-11H,3-5,9H2,1-2H3,(H,19,20). The normalized spacial score (nSPS) is 15.8. The van der Waals surface area contributed by atoms with Crippen LogP contribution in [0.2, 0.25) is 0 Å². The molecule has 1 fully saturated rings. The van der Waals surface area contributed by atoms with Gasteiger partial charge < -0.3 is 9.67 Å². The van der Waals surface area contributed by atoms with E-state index in [4.69, 9.17) is 10.1 Å². The molecular formula is C16H20N2O2. The number of carboxylic acids is 1. The van der Waals surface area contributed by atoms with Crippen molar-refractivity contribution in [2.45, 2.75) is 45.6 Å². The van der Waals surface area contributed by atoms with Gasteiger partial charge >= 0.3 is 5.97 Å². The zero-order chi connectivity index (χ0) is 14.3. The molecule has 20 heavy (non-hydrogen) atoms. The molecule has 1 aromatic heterocycles. The lowest BCUT2D eigenvalue weighted by molar-refractivity contribution is 0.0697. The molecule has 1 aliphatic rings. The Kier molecular flexibility index (Phi) is 3.24. The van der Waals surface area contributed by atoms with Gasteiger partial charge in [-0.15, -0.1) is 0 Å². The SMILES string of the molecule is CC(C)Cn1c(C2CCC2)nc2ccc(C(=O)O)cc21. The third-order valence-corrected chi connectivity index (χ3v) is 4.04. The Morgan fingerprint density at radius 1 is 1.45 bits per heavy atom. The van der Waals surface area contributed by atoms with Crippen LogP contribution in [0.25, 0.3) is 11.0 Å². The van der Waals surface area contributed by atoms with E-state index in [-0.39, 0.29) is 0 Å². The summed E-state index contributed by atoms with van der Waals surface area (Å²) in [6.45, 7) is 5.25. The zero-order valence-corrected chi connectivity index (χ0v) is 12.0. The number of carbonyl (C=O) groups is 1. The summed E-state index contributed by atoms with van der Waals surface area (Å²) in [5.74, 6) is 1.33. The predicted octanol–water partition coefficient (Wildman–Crippen LogP) is 3.66. The molecule has 3 rings (SSSR count). The fraction of sp³-hybridized carbons (Fsp3) is 0.500. The molecule has 106 valence electrons. The molecule has 4 heteroatoms. The maximum absolute atomic E-state index is 11.2. The number of carboxylic acid groups (broad SMARTS) is 1. The van der Waals surface area contributed by atoms with Crippen LogP contribution in [0.5, 0.6) is 0 Å². The maximum atomic E-state index is 11.2. The van der Waals surface area contributed by atoms with Crippen molar-refractivity contribution in [2.75, 3.05) is 0 Å². The summed E-state index contributed by atoms with van der Waals surface area (Å²) in [6, 6.07) is 5.23. The number of rotatable bonds is 4. The van der Waals surface area contributed by atoms with Gasteiger partial charge in [0.25, 0.3) is 0 Å². The molecule has 0 amide bonds. The first kappa shape index (κ1) is 13.2. The number of benzene rings is 1. The summed E-state index contributed by atoms with van der Waals surface area (Å²) >= 11 is 0. The number of aromatic carboxylic acids is 1. The number of imidazole rings is 1. The van der Waals surface area contributed by atoms with E-state index >= 15 is 0 Å². The van der Waals surface area contributed by atoms with E-state index in [0.717, 1.165) is 23.4 Å². The third kappa shape index (κ3) is 2.19.